The zero-order valence-electron chi connectivity index (χ0n) is 9.40. The van der Waals surface area contributed by atoms with Gasteiger partial charge in [0.2, 0.25) is 5.91 Å². The number of hydrogen-bond acceptors (Lipinski definition) is 4. The monoisotopic (exact) mass is 276 g/mol. The second-order valence-electron chi connectivity index (χ2n) is 3.49. The molecule has 0 aromatic heterocycles. The smallest absolute Gasteiger partial charge is 0.238 e. The van der Waals surface area contributed by atoms with Crippen LogP contribution in [0.2, 0.25) is 5.02 Å². The highest BCUT2D eigenvalue weighted by Gasteiger charge is 2.30. The summed E-state index contributed by atoms with van der Waals surface area (Å²) in [6.45, 7) is 1.30. The van der Waals surface area contributed by atoms with E-state index >= 15 is 0 Å². The number of nitrogens with one attached hydrogen (secondary N) is 1. The summed E-state index contributed by atoms with van der Waals surface area (Å²) in [4.78, 5) is 11.2. The van der Waals surface area contributed by atoms with Crippen LogP contribution in [-0.2, 0) is 14.6 Å². The van der Waals surface area contributed by atoms with Gasteiger partial charge in [-0.15, -0.1) is 0 Å². The number of carbonyl (C=O) groups is 1. The van der Waals surface area contributed by atoms with E-state index in [1.807, 2.05) is 0 Å². The third-order valence-corrected chi connectivity index (χ3v) is 4.88. The molecule has 0 aliphatic heterocycles. The van der Waals surface area contributed by atoms with Crippen molar-refractivity contribution >= 4 is 33.0 Å². The molecule has 0 aliphatic rings. The maximum Gasteiger partial charge on any atom is 0.238 e. The molecule has 0 fully saturated rings. The fraction of sp³-hybridized carbons (Fsp3) is 0.300. The summed E-state index contributed by atoms with van der Waals surface area (Å²) >= 11 is 5.81. The second kappa shape index (κ2) is 4.93. The summed E-state index contributed by atoms with van der Waals surface area (Å²) < 4.78 is 24.2. The molecule has 1 aromatic rings. The highest BCUT2D eigenvalue weighted by Crippen LogP contribution is 2.27. The molecular formula is C10H13ClN2O3S. The van der Waals surface area contributed by atoms with Gasteiger partial charge in [-0.25, -0.2) is 8.42 Å². The van der Waals surface area contributed by atoms with Crippen LogP contribution in [0.3, 0.4) is 0 Å². The number of anilines is 1. The lowest BCUT2D eigenvalue weighted by Gasteiger charge is -2.13. The largest absolute Gasteiger partial charge is 0.399 e. The fourth-order valence-electron chi connectivity index (χ4n) is 1.27. The van der Waals surface area contributed by atoms with Crippen LogP contribution in [0.15, 0.2) is 23.1 Å². The van der Waals surface area contributed by atoms with Gasteiger partial charge in [-0.3, -0.25) is 4.79 Å². The Morgan fingerprint density at radius 2 is 2.06 bits per heavy atom. The number of nitrogen functional groups attached to an aromatic ring is 1. The first-order valence-corrected chi connectivity index (χ1v) is 6.73. The number of sulfone groups is 1. The quantitative estimate of drug-likeness (QED) is 0.800. The number of rotatable bonds is 3. The third kappa shape index (κ3) is 2.70. The third-order valence-electron chi connectivity index (χ3n) is 2.34. The Balaban J connectivity index is 3.31. The van der Waals surface area contributed by atoms with E-state index in [9.17, 15) is 13.2 Å². The van der Waals surface area contributed by atoms with E-state index in [1.54, 1.807) is 0 Å². The van der Waals surface area contributed by atoms with Crippen LogP contribution < -0.4 is 11.1 Å². The van der Waals surface area contributed by atoms with Crippen molar-refractivity contribution in [1.82, 2.24) is 5.32 Å². The average molecular weight is 277 g/mol. The number of benzene rings is 1. The first-order chi connectivity index (χ1) is 7.80. The van der Waals surface area contributed by atoms with Crippen molar-refractivity contribution < 1.29 is 13.2 Å². The molecule has 1 unspecified atom stereocenters. The molecule has 0 saturated carbocycles. The molecule has 94 valence electrons. The van der Waals surface area contributed by atoms with Gasteiger partial charge in [-0.05, 0) is 25.1 Å². The van der Waals surface area contributed by atoms with Crippen LogP contribution in [0.25, 0.3) is 0 Å². The van der Waals surface area contributed by atoms with Crippen LogP contribution >= 0.6 is 11.6 Å². The molecule has 3 N–H and O–H groups in total. The van der Waals surface area contributed by atoms with Gasteiger partial charge < -0.3 is 11.1 Å². The topological polar surface area (TPSA) is 89.3 Å². The van der Waals surface area contributed by atoms with Gasteiger partial charge in [0.25, 0.3) is 0 Å². The van der Waals surface area contributed by atoms with Crippen molar-refractivity contribution in [1.29, 1.82) is 0 Å². The standard InChI is InChI=1S/C10H13ClN2O3S/c1-6(10(14)13-2)17(15,16)9-5-7(12)3-4-8(9)11/h3-6H,12H2,1-2H3,(H,13,14). The van der Waals surface area contributed by atoms with Gasteiger partial charge in [-0.1, -0.05) is 11.6 Å². The van der Waals surface area contributed by atoms with Crippen LogP contribution in [-0.4, -0.2) is 26.6 Å². The van der Waals surface area contributed by atoms with Gasteiger partial charge in [0.15, 0.2) is 9.84 Å². The minimum absolute atomic E-state index is 0.0509. The first kappa shape index (κ1) is 13.8. The van der Waals surface area contributed by atoms with E-state index < -0.39 is 21.0 Å². The van der Waals surface area contributed by atoms with E-state index in [-0.39, 0.29) is 15.6 Å². The lowest BCUT2D eigenvalue weighted by molar-refractivity contribution is -0.119. The molecule has 1 amide bonds. The molecule has 0 bridgehead atoms. The maximum absolute atomic E-state index is 12.1. The molecule has 0 spiro atoms. The van der Waals surface area contributed by atoms with Crippen LogP contribution in [0, 0.1) is 0 Å². The van der Waals surface area contributed by atoms with Gasteiger partial charge in [0.05, 0.1) is 9.92 Å². The summed E-state index contributed by atoms with van der Waals surface area (Å²) in [7, 11) is -2.46. The minimum Gasteiger partial charge on any atom is -0.399 e. The van der Waals surface area contributed by atoms with Crippen LogP contribution in [0.4, 0.5) is 5.69 Å². The van der Waals surface area contributed by atoms with Crippen molar-refractivity contribution in [2.45, 2.75) is 17.1 Å². The summed E-state index contributed by atoms with van der Waals surface area (Å²) in [6.07, 6.45) is 0. The molecule has 1 rings (SSSR count). The highest BCUT2D eigenvalue weighted by atomic mass is 35.5. The SMILES string of the molecule is CNC(=O)C(C)S(=O)(=O)c1cc(N)ccc1Cl. The van der Waals surface area contributed by atoms with Crippen molar-refractivity contribution in [2.75, 3.05) is 12.8 Å². The second-order valence-corrected chi connectivity index (χ2v) is 6.14. The van der Waals surface area contributed by atoms with Crippen molar-refractivity contribution in [3.05, 3.63) is 23.2 Å². The fourth-order valence-corrected chi connectivity index (χ4v) is 3.13. The summed E-state index contributed by atoms with van der Waals surface area (Å²) in [5, 5.41) is 1.12. The lowest BCUT2D eigenvalue weighted by atomic mass is 10.3. The number of carbonyl (C=O) groups excluding carboxylic acids is 1. The van der Waals surface area contributed by atoms with Gasteiger partial charge in [0, 0.05) is 12.7 Å². The highest BCUT2D eigenvalue weighted by molar-refractivity contribution is 7.92. The van der Waals surface area contributed by atoms with Crippen molar-refractivity contribution in [3.8, 4) is 0 Å². The maximum atomic E-state index is 12.1. The average Bonchev–Trinajstić information content (AvgIpc) is 2.30. The molecule has 7 heteroatoms. The Morgan fingerprint density at radius 3 is 2.59 bits per heavy atom. The van der Waals surface area contributed by atoms with Gasteiger partial charge >= 0.3 is 0 Å². The molecule has 1 aromatic carbocycles. The number of amides is 1. The Morgan fingerprint density at radius 1 is 1.47 bits per heavy atom. The molecule has 0 radical (unpaired) electrons. The Labute approximate surface area is 105 Å². The molecular weight excluding hydrogens is 264 g/mol. The summed E-state index contributed by atoms with van der Waals surface area (Å²) in [6, 6.07) is 4.13. The van der Waals surface area contributed by atoms with E-state index in [1.165, 1.54) is 32.2 Å². The molecule has 0 aliphatic carbocycles. The van der Waals surface area contributed by atoms with E-state index in [0.29, 0.717) is 0 Å². The zero-order valence-corrected chi connectivity index (χ0v) is 11.0. The lowest BCUT2D eigenvalue weighted by Crippen LogP contribution is -2.35. The molecule has 5 nitrogen and oxygen atoms in total. The molecule has 0 saturated heterocycles. The molecule has 0 heterocycles. The van der Waals surface area contributed by atoms with E-state index in [4.69, 9.17) is 17.3 Å². The van der Waals surface area contributed by atoms with Crippen LogP contribution in [0.5, 0.6) is 0 Å². The predicted octanol–water partition coefficient (Wildman–Crippen LogP) is 0.830. The van der Waals surface area contributed by atoms with E-state index in [2.05, 4.69) is 5.32 Å². The van der Waals surface area contributed by atoms with Gasteiger partial charge in [0.1, 0.15) is 5.25 Å². The predicted molar refractivity (Wildman–Crippen MR) is 66.6 cm³/mol. The van der Waals surface area contributed by atoms with E-state index in [0.717, 1.165) is 0 Å². The van der Waals surface area contributed by atoms with Crippen LogP contribution in [0.1, 0.15) is 6.92 Å². The van der Waals surface area contributed by atoms with Crippen molar-refractivity contribution in [2.24, 2.45) is 0 Å². The Kier molecular flexibility index (Phi) is 4.00. The zero-order chi connectivity index (χ0) is 13.2. The number of nitrogens with two attached hydrogens (primary N) is 1. The normalized spacial score (nSPS) is 13.1. The van der Waals surface area contributed by atoms with Gasteiger partial charge in [-0.2, -0.15) is 0 Å². The summed E-state index contributed by atoms with van der Waals surface area (Å²) in [5.74, 6) is -0.594. The minimum atomic E-state index is -3.83. The number of hydrogen-bond donors (Lipinski definition) is 2. The molecule has 17 heavy (non-hydrogen) atoms. The summed E-state index contributed by atoms with van der Waals surface area (Å²) in [5.41, 5.74) is 5.78. The Bertz CT molecular complexity index is 542. The first-order valence-electron chi connectivity index (χ1n) is 4.81. The van der Waals surface area contributed by atoms with Crippen molar-refractivity contribution in [3.63, 3.8) is 0 Å². The Hall–Kier alpha value is -1.27. The number of halogens is 1. The molecule has 1 atom stereocenters.